The van der Waals surface area contributed by atoms with Crippen LogP contribution in [0, 0.1) is 19.3 Å². The molecule has 2 aromatic heterocycles. The molecule has 0 aliphatic heterocycles. The third kappa shape index (κ3) is 2.45. The van der Waals surface area contributed by atoms with Gasteiger partial charge in [-0.1, -0.05) is 11.6 Å². The van der Waals surface area contributed by atoms with E-state index >= 15 is 0 Å². The van der Waals surface area contributed by atoms with Crippen molar-refractivity contribution in [3.63, 3.8) is 0 Å². The quantitative estimate of drug-likeness (QED) is 0.924. The second-order valence-electron chi connectivity index (χ2n) is 5.88. The van der Waals surface area contributed by atoms with Gasteiger partial charge in [-0.25, -0.2) is 0 Å². The number of nitrogens with two attached hydrogens (primary N) is 1. The maximum absolute atomic E-state index is 5.88. The highest BCUT2D eigenvalue weighted by molar-refractivity contribution is 5.55. The third-order valence-corrected chi connectivity index (χ3v) is 4.18. The van der Waals surface area contributed by atoms with Gasteiger partial charge < -0.3 is 10.3 Å². The van der Waals surface area contributed by atoms with Gasteiger partial charge in [0, 0.05) is 23.4 Å². The lowest BCUT2D eigenvalue weighted by Gasteiger charge is -2.39. The maximum atomic E-state index is 5.88. The number of pyridine rings is 1. The van der Waals surface area contributed by atoms with Crippen LogP contribution in [0.2, 0.25) is 0 Å². The van der Waals surface area contributed by atoms with Crippen LogP contribution < -0.4 is 5.73 Å². The molecule has 1 fully saturated rings. The Bertz CT molecular complexity index is 590. The molecule has 5 nitrogen and oxygen atoms in total. The Morgan fingerprint density at radius 1 is 1.20 bits per heavy atom. The van der Waals surface area contributed by atoms with Gasteiger partial charge in [-0.05, 0) is 50.8 Å². The lowest BCUT2D eigenvalue weighted by atomic mass is 9.67. The minimum atomic E-state index is 0.188. The molecule has 2 aromatic rings. The second kappa shape index (κ2) is 4.98. The summed E-state index contributed by atoms with van der Waals surface area (Å²) in [5.74, 6) is 1.33. The summed E-state index contributed by atoms with van der Waals surface area (Å²) in [6.45, 7) is 4.63. The Balaban J connectivity index is 1.83. The molecule has 2 N–H and O–H groups in total. The number of hydrogen-bond acceptors (Lipinski definition) is 5. The van der Waals surface area contributed by atoms with E-state index in [9.17, 15) is 0 Å². The molecule has 0 spiro atoms. The average molecular weight is 272 g/mol. The Morgan fingerprint density at radius 3 is 2.45 bits per heavy atom. The van der Waals surface area contributed by atoms with Crippen LogP contribution in [0.15, 0.2) is 16.7 Å². The van der Waals surface area contributed by atoms with Gasteiger partial charge in [-0.2, -0.15) is 4.98 Å². The van der Waals surface area contributed by atoms with Crippen LogP contribution in [0.5, 0.6) is 0 Å². The molecule has 5 heteroatoms. The van der Waals surface area contributed by atoms with Crippen molar-refractivity contribution in [2.45, 2.75) is 39.5 Å². The predicted octanol–water partition coefficient (Wildman–Crippen LogP) is 2.42. The van der Waals surface area contributed by atoms with Crippen molar-refractivity contribution in [1.82, 2.24) is 15.1 Å². The van der Waals surface area contributed by atoms with E-state index < -0.39 is 0 Å². The van der Waals surface area contributed by atoms with Gasteiger partial charge in [-0.15, -0.1) is 0 Å². The molecule has 0 bridgehead atoms. The van der Waals surface area contributed by atoms with Crippen LogP contribution in [0.4, 0.5) is 0 Å². The molecule has 0 unspecified atom stereocenters. The Morgan fingerprint density at radius 2 is 1.90 bits per heavy atom. The molecule has 1 saturated carbocycles. The van der Waals surface area contributed by atoms with Crippen LogP contribution in [-0.2, 0) is 6.42 Å². The molecule has 0 aromatic carbocycles. The molecule has 20 heavy (non-hydrogen) atoms. The summed E-state index contributed by atoms with van der Waals surface area (Å²) in [5.41, 5.74) is 8.95. The zero-order valence-electron chi connectivity index (χ0n) is 12.0. The van der Waals surface area contributed by atoms with Crippen LogP contribution >= 0.6 is 0 Å². The highest BCUT2D eigenvalue weighted by Gasteiger charge is 2.37. The van der Waals surface area contributed by atoms with E-state index in [1.807, 2.05) is 26.0 Å². The highest BCUT2D eigenvalue weighted by Crippen LogP contribution is 2.42. The standard InChI is InChI=1S/C15H20N4O/c1-10-6-12(7-11(2)17-10)14-18-13(20-19-14)8-15(9-16)4-3-5-15/h6-7H,3-5,8-9,16H2,1-2H3. The Kier molecular flexibility index (Phi) is 3.30. The molecule has 2 heterocycles. The van der Waals surface area contributed by atoms with Gasteiger partial charge in [0.05, 0.1) is 0 Å². The van der Waals surface area contributed by atoms with E-state index in [-0.39, 0.29) is 5.41 Å². The van der Waals surface area contributed by atoms with Crippen LogP contribution in [0.25, 0.3) is 11.4 Å². The van der Waals surface area contributed by atoms with E-state index in [0.717, 1.165) is 36.2 Å². The molecule has 0 saturated heterocycles. The first-order valence-electron chi connectivity index (χ1n) is 7.09. The number of hydrogen-bond donors (Lipinski definition) is 1. The van der Waals surface area contributed by atoms with Gasteiger partial charge in [0.1, 0.15) is 0 Å². The molecular weight excluding hydrogens is 252 g/mol. The summed E-state index contributed by atoms with van der Waals surface area (Å²) >= 11 is 0. The summed E-state index contributed by atoms with van der Waals surface area (Å²) in [4.78, 5) is 8.88. The van der Waals surface area contributed by atoms with E-state index in [4.69, 9.17) is 10.3 Å². The van der Waals surface area contributed by atoms with Gasteiger partial charge >= 0.3 is 0 Å². The van der Waals surface area contributed by atoms with Crippen molar-refractivity contribution in [2.24, 2.45) is 11.1 Å². The van der Waals surface area contributed by atoms with Crippen molar-refractivity contribution < 1.29 is 4.52 Å². The largest absolute Gasteiger partial charge is 0.339 e. The maximum Gasteiger partial charge on any atom is 0.227 e. The van der Waals surface area contributed by atoms with E-state index in [1.165, 1.54) is 6.42 Å². The first kappa shape index (κ1) is 13.2. The Hall–Kier alpha value is -1.75. The molecule has 0 radical (unpaired) electrons. The van der Waals surface area contributed by atoms with Gasteiger partial charge in [0.25, 0.3) is 0 Å². The first-order valence-corrected chi connectivity index (χ1v) is 7.09. The molecule has 0 amide bonds. The summed E-state index contributed by atoms with van der Waals surface area (Å²) in [6.07, 6.45) is 4.36. The van der Waals surface area contributed by atoms with E-state index in [1.54, 1.807) is 0 Å². The molecular formula is C15H20N4O. The van der Waals surface area contributed by atoms with Crippen molar-refractivity contribution in [3.05, 3.63) is 29.4 Å². The smallest absolute Gasteiger partial charge is 0.227 e. The number of rotatable bonds is 4. The number of nitrogens with zero attached hydrogens (tertiary/aromatic N) is 3. The van der Waals surface area contributed by atoms with E-state index in [2.05, 4.69) is 15.1 Å². The van der Waals surface area contributed by atoms with Crippen molar-refractivity contribution in [1.29, 1.82) is 0 Å². The monoisotopic (exact) mass is 272 g/mol. The zero-order valence-corrected chi connectivity index (χ0v) is 12.0. The lowest BCUT2D eigenvalue weighted by molar-refractivity contribution is 0.129. The fourth-order valence-corrected chi connectivity index (χ4v) is 2.86. The predicted molar refractivity (Wildman–Crippen MR) is 76.0 cm³/mol. The Labute approximate surface area is 118 Å². The topological polar surface area (TPSA) is 77.8 Å². The number of aryl methyl sites for hydroxylation is 2. The SMILES string of the molecule is Cc1cc(-c2noc(CC3(CN)CCC3)n2)cc(C)n1. The molecule has 0 atom stereocenters. The average Bonchev–Trinajstić information content (AvgIpc) is 2.81. The molecule has 106 valence electrons. The van der Waals surface area contributed by atoms with Gasteiger partial charge in [-0.3, -0.25) is 4.98 Å². The second-order valence-corrected chi connectivity index (χ2v) is 5.88. The number of aromatic nitrogens is 3. The minimum absolute atomic E-state index is 0.188. The van der Waals surface area contributed by atoms with Crippen LogP contribution in [0.1, 0.15) is 36.5 Å². The van der Waals surface area contributed by atoms with E-state index in [0.29, 0.717) is 18.3 Å². The normalized spacial score (nSPS) is 16.9. The minimum Gasteiger partial charge on any atom is -0.339 e. The zero-order chi connectivity index (χ0) is 14.2. The van der Waals surface area contributed by atoms with Crippen LogP contribution in [0.3, 0.4) is 0 Å². The fraction of sp³-hybridized carbons (Fsp3) is 0.533. The highest BCUT2D eigenvalue weighted by atomic mass is 16.5. The summed E-state index contributed by atoms with van der Waals surface area (Å²) in [5, 5.41) is 4.09. The van der Waals surface area contributed by atoms with Gasteiger partial charge in [0.2, 0.25) is 11.7 Å². The van der Waals surface area contributed by atoms with Crippen molar-refractivity contribution >= 4 is 0 Å². The van der Waals surface area contributed by atoms with Crippen molar-refractivity contribution in [2.75, 3.05) is 6.54 Å². The summed E-state index contributed by atoms with van der Waals surface area (Å²) in [6, 6.07) is 3.95. The third-order valence-electron chi connectivity index (χ3n) is 4.18. The fourth-order valence-electron chi connectivity index (χ4n) is 2.86. The molecule has 1 aliphatic rings. The summed E-state index contributed by atoms with van der Waals surface area (Å²) < 4.78 is 5.39. The summed E-state index contributed by atoms with van der Waals surface area (Å²) in [7, 11) is 0. The molecule has 3 rings (SSSR count). The molecule has 1 aliphatic carbocycles. The first-order chi connectivity index (χ1) is 9.60. The van der Waals surface area contributed by atoms with Crippen LogP contribution in [-0.4, -0.2) is 21.7 Å². The lowest BCUT2D eigenvalue weighted by Crippen LogP contribution is -2.39. The van der Waals surface area contributed by atoms with Gasteiger partial charge in [0.15, 0.2) is 0 Å². The van der Waals surface area contributed by atoms with Crippen molar-refractivity contribution in [3.8, 4) is 11.4 Å².